The molecule has 4 heteroatoms. The molecule has 0 spiro atoms. The zero-order valence-corrected chi connectivity index (χ0v) is 14.8. The van der Waals surface area contributed by atoms with E-state index in [1.165, 1.54) is 0 Å². The van der Waals surface area contributed by atoms with Gasteiger partial charge in [0.2, 0.25) is 5.78 Å². The van der Waals surface area contributed by atoms with Crippen molar-refractivity contribution in [1.82, 2.24) is 4.57 Å². The van der Waals surface area contributed by atoms with E-state index in [1.807, 2.05) is 25.5 Å². The summed E-state index contributed by atoms with van der Waals surface area (Å²) < 4.78 is 1.82. The van der Waals surface area contributed by atoms with Gasteiger partial charge < -0.3 is 4.57 Å². The third kappa shape index (κ3) is 3.78. The topological polar surface area (TPSA) is 39.1 Å². The Morgan fingerprint density at radius 2 is 1.71 bits per heavy atom. The molecule has 130 valence electrons. The number of halogens is 1. The van der Waals surface area contributed by atoms with Gasteiger partial charge in [-0.1, -0.05) is 32.4 Å². The quantitative estimate of drug-likeness (QED) is 0.644. The van der Waals surface area contributed by atoms with Gasteiger partial charge in [-0.2, -0.15) is 0 Å². The molecule has 0 saturated heterocycles. The third-order valence-electron chi connectivity index (χ3n) is 4.29. The van der Waals surface area contributed by atoms with E-state index < -0.39 is 0 Å². The van der Waals surface area contributed by atoms with Gasteiger partial charge in [-0.15, -0.1) is 0 Å². The first-order chi connectivity index (χ1) is 10.9. The lowest BCUT2D eigenvalue weighted by molar-refractivity contribution is 0.0978. The van der Waals surface area contributed by atoms with Crippen LogP contribution in [0.4, 0.5) is 0 Å². The van der Waals surface area contributed by atoms with Gasteiger partial charge >= 0.3 is 0 Å². The SMILES string of the molecule is C.CCCCC(=O)c1c(C)c(C(=O)c2ccc(Cl)cc2)n(C)c1C. The van der Waals surface area contributed by atoms with Crippen molar-refractivity contribution in [3.63, 3.8) is 0 Å². The van der Waals surface area contributed by atoms with E-state index in [2.05, 4.69) is 6.92 Å². The van der Waals surface area contributed by atoms with Crippen LogP contribution in [0.5, 0.6) is 0 Å². The molecule has 0 unspecified atom stereocenters. The molecule has 0 amide bonds. The number of nitrogens with zero attached hydrogens (tertiary/aromatic N) is 1. The highest BCUT2D eigenvalue weighted by atomic mass is 35.5. The first-order valence-electron chi connectivity index (χ1n) is 7.87. The summed E-state index contributed by atoms with van der Waals surface area (Å²) in [5, 5.41) is 0.594. The summed E-state index contributed by atoms with van der Waals surface area (Å²) in [4.78, 5) is 25.3. The van der Waals surface area contributed by atoms with Crippen LogP contribution in [0, 0.1) is 13.8 Å². The van der Waals surface area contributed by atoms with Gasteiger partial charge in [-0.25, -0.2) is 0 Å². The average molecular weight is 348 g/mol. The van der Waals surface area contributed by atoms with Crippen LogP contribution in [-0.4, -0.2) is 16.1 Å². The van der Waals surface area contributed by atoms with Gasteiger partial charge in [0.05, 0.1) is 5.69 Å². The van der Waals surface area contributed by atoms with Crippen molar-refractivity contribution in [2.45, 2.75) is 47.5 Å². The minimum absolute atomic E-state index is 0. The molecule has 3 nitrogen and oxygen atoms in total. The Bertz CT molecular complexity index is 742. The highest BCUT2D eigenvalue weighted by molar-refractivity contribution is 6.30. The number of unbranched alkanes of at least 4 members (excludes halogenated alkanes) is 1. The minimum Gasteiger partial charge on any atom is -0.344 e. The molecule has 24 heavy (non-hydrogen) atoms. The van der Waals surface area contributed by atoms with E-state index in [9.17, 15) is 9.59 Å². The van der Waals surface area contributed by atoms with Crippen LogP contribution >= 0.6 is 11.6 Å². The Morgan fingerprint density at radius 3 is 2.25 bits per heavy atom. The van der Waals surface area contributed by atoms with Crippen LogP contribution in [0.1, 0.15) is 71.3 Å². The first kappa shape index (κ1) is 20.2. The zero-order valence-electron chi connectivity index (χ0n) is 14.1. The van der Waals surface area contributed by atoms with Crippen molar-refractivity contribution < 1.29 is 9.59 Å². The second kappa shape index (κ2) is 8.29. The molecule has 0 bridgehead atoms. The van der Waals surface area contributed by atoms with Crippen LogP contribution in [0.2, 0.25) is 5.02 Å². The van der Waals surface area contributed by atoms with E-state index in [0.717, 1.165) is 24.1 Å². The molecule has 2 rings (SSSR count). The molecule has 0 radical (unpaired) electrons. The van der Waals surface area contributed by atoms with E-state index in [-0.39, 0.29) is 19.0 Å². The molecular formula is C20H26ClNO2. The summed E-state index contributed by atoms with van der Waals surface area (Å²) in [6, 6.07) is 6.83. The number of Topliss-reactive ketones (excluding diaryl/α,β-unsaturated/α-hetero) is 1. The fraction of sp³-hybridized carbons (Fsp3) is 0.400. The van der Waals surface area contributed by atoms with E-state index >= 15 is 0 Å². The number of hydrogen-bond donors (Lipinski definition) is 0. The summed E-state index contributed by atoms with van der Waals surface area (Å²) >= 11 is 5.88. The van der Waals surface area contributed by atoms with E-state index in [1.54, 1.807) is 24.3 Å². The third-order valence-corrected chi connectivity index (χ3v) is 4.54. The number of rotatable bonds is 6. The summed E-state index contributed by atoms with van der Waals surface area (Å²) in [6.07, 6.45) is 2.37. The van der Waals surface area contributed by atoms with Crippen LogP contribution in [0.3, 0.4) is 0 Å². The maximum Gasteiger partial charge on any atom is 0.209 e. The number of aromatic nitrogens is 1. The molecule has 1 heterocycles. The molecule has 0 aliphatic carbocycles. The van der Waals surface area contributed by atoms with Gasteiger partial charge in [0, 0.05) is 35.3 Å². The maximum atomic E-state index is 12.8. The smallest absolute Gasteiger partial charge is 0.209 e. The van der Waals surface area contributed by atoms with Gasteiger partial charge in [0.1, 0.15) is 0 Å². The number of ketones is 2. The second-order valence-electron chi connectivity index (χ2n) is 5.86. The van der Waals surface area contributed by atoms with E-state index in [0.29, 0.717) is 28.3 Å². The monoisotopic (exact) mass is 347 g/mol. The van der Waals surface area contributed by atoms with Gasteiger partial charge in [0.15, 0.2) is 5.78 Å². The lowest BCUT2D eigenvalue weighted by Crippen LogP contribution is -2.09. The Labute approximate surface area is 149 Å². The summed E-state index contributed by atoms with van der Waals surface area (Å²) in [5.74, 6) is 0.0342. The molecule has 0 fully saturated rings. The molecule has 0 saturated carbocycles. The predicted octanol–water partition coefficient (Wildman–Crippen LogP) is 5.54. The van der Waals surface area contributed by atoms with Crippen molar-refractivity contribution in [3.8, 4) is 0 Å². The Hall–Kier alpha value is -1.87. The highest BCUT2D eigenvalue weighted by Gasteiger charge is 2.25. The second-order valence-corrected chi connectivity index (χ2v) is 6.29. The van der Waals surface area contributed by atoms with Crippen LogP contribution < -0.4 is 0 Å². The fourth-order valence-electron chi connectivity index (χ4n) is 2.91. The van der Waals surface area contributed by atoms with E-state index in [4.69, 9.17) is 11.6 Å². The summed E-state index contributed by atoms with van der Waals surface area (Å²) in [5.41, 5.74) is 3.46. The average Bonchev–Trinajstić information content (AvgIpc) is 2.75. The molecular weight excluding hydrogens is 322 g/mol. The summed E-state index contributed by atoms with van der Waals surface area (Å²) in [7, 11) is 1.84. The van der Waals surface area contributed by atoms with Crippen LogP contribution in [0.15, 0.2) is 24.3 Å². The standard InChI is InChI=1S/C19H22ClNO2.CH4/c1-5-6-7-16(22)17-12(2)18(21(4)13(17)3)19(23)14-8-10-15(20)11-9-14;/h8-11H,5-7H2,1-4H3;1H4. The van der Waals surface area contributed by atoms with Crippen LogP contribution in [0.25, 0.3) is 0 Å². The van der Waals surface area contributed by atoms with Crippen molar-refractivity contribution in [2.75, 3.05) is 0 Å². The largest absolute Gasteiger partial charge is 0.344 e. The van der Waals surface area contributed by atoms with Crippen LogP contribution in [-0.2, 0) is 7.05 Å². The van der Waals surface area contributed by atoms with Crippen molar-refractivity contribution in [1.29, 1.82) is 0 Å². The molecule has 0 aliphatic heterocycles. The molecule has 0 N–H and O–H groups in total. The number of carbonyl (C=O) groups is 2. The minimum atomic E-state index is -0.0840. The van der Waals surface area contributed by atoms with Crippen molar-refractivity contribution in [3.05, 3.63) is 57.4 Å². The molecule has 1 aromatic carbocycles. The zero-order chi connectivity index (χ0) is 17.1. The molecule has 1 aromatic heterocycles. The number of carbonyl (C=O) groups excluding carboxylic acids is 2. The Kier molecular flexibility index (Phi) is 6.97. The lowest BCUT2D eigenvalue weighted by Gasteiger charge is -2.06. The number of hydrogen-bond acceptors (Lipinski definition) is 2. The normalized spacial score (nSPS) is 10.4. The first-order valence-corrected chi connectivity index (χ1v) is 8.25. The maximum absolute atomic E-state index is 12.8. The fourth-order valence-corrected chi connectivity index (χ4v) is 3.04. The molecule has 2 aromatic rings. The van der Waals surface area contributed by atoms with Crippen molar-refractivity contribution >= 4 is 23.2 Å². The highest BCUT2D eigenvalue weighted by Crippen LogP contribution is 2.26. The Morgan fingerprint density at radius 1 is 1.12 bits per heavy atom. The predicted molar refractivity (Wildman–Crippen MR) is 100 cm³/mol. The molecule has 0 aliphatic rings. The summed E-state index contributed by atoms with van der Waals surface area (Å²) in [6.45, 7) is 5.81. The lowest BCUT2D eigenvalue weighted by atomic mass is 9.99. The number of benzene rings is 1. The van der Waals surface area contributed by atoms with Gasteiger partial charge in [-0.3, -0.25) is 9.59 Å². The Balaban J connectivity index is 0.00000288. The van der Waals surface area contributed by atoms with Crippen molar-refractivity contribution in [2.24, 2.45) is 7.05 Å². The van der Waals surface area contributed by atoms with Gasteiger partial charge in [-0.05, 0) is 50.1 Å². The molecule has 0 atom stereocenters. The van der Waals surface area contributed by atoms with Gasteiger partial charge in [0.25, 0.3) is 0 Å².